The van der Waals surface area contributed by atoms with Gasteiger partial charge in [-0.05, 0) is 75.7 Å². The number of ether oxygens (including phenoxy) is 3. The van der Waals surface area contributed by atoms with E-state index in [2.05, 4.69) is 33.9 Å². The number of carbonyl (C=O) groups excluding carboxylic acids is 1. The maximum Gasteiger partial charge on any atom is 0.410 e. The largest absolute Gasteiger partial charge is 0.444 e. The topological polar surface area (TPSA) is 77.5 Å². The molecule has 0 radical (unpaired) electrons. The van der Waals surface area contributed by atoms with Crippen molar-refractivity contribution < 1.29 is 28.5 Å². The first-order chi connectivity index (χ1) is 16.7. The Morgan fingerprint density at radius 1 is 1.14 bits per heavy atom. The molecule has 2 saturated heterocycles. The molecule has 0 aliphatic carbocycles. The van der Waals surface area contributed by atoms with E-state index in [4.69, 9.17) is 18.6 Å². The lowest BCUT2D eigenvalue weighted by Crippen LogP contribution is -2.45. The van der Waals surface area contributed by atoms with E-state index < -0.39 is 32.2 Å². The SMILES string of the molecule is CC(C)(C)OC(=O)N1CC(O[Si](C)(C)C(C)(C)C)CC1C(O)c1ccc(COC2CCCCO2)cc1. The molecule has 0 saturated carbocycles. The first kappa shape index (κ1) is 29.1. The Balaban J connectivity index is 1.71. The van der Waals surface area contributed by atoms with Crippen LogP contribution in [0.2, 0.25) is 18.1 Å². The van der Waals surface area contributed by atoms with E-state index in [-0.39, 0.29) is 17.4 Å². The quantitative estimate of drug-likeness (QED) is 0.433. The average molecular weight is 522 g/mol. The molecule has 0 bridgehead atoms. The fourth-order valence-electron chi connectivity index (χ4n) is 4.40. The third-order valence-electron chi connectivity index (χ3n) is 7.46. The molecule has 4 atom stereocenters. The molecule has 1 N–H and O–H groups in total. The zero-order valence-corrected chi connectivity index (χ0v) is 24.5. The summed E-state index contributed by atoms with van der Waals surface area (Å²) in [5.74, 6) is 0. The van der Waals surface area contributed by atoms with Crippen LogP contribution in [0.4, 0.5) is 4.79 Å². The number of likely N-dealkylation sites (tertiary alicyclic amines) is 1. The van der Waals surface area contributed by atoms with Gasteiger partial charge in [0.25, 0.3) is 0 Å². The van der Waals surface area contributed by atoms with Gasteiger partial charge in [-0.25, -0.2) is 4.79 Å². The standard InChI is InChI=1S/C28H47NO6Si/c1-27(2,3)34-26(31)29-18-22(35-36(7,8)28(4,5)6)17-23(29)25(30)21-14-12-20(13-15-21)19-33-24-11-9-10-16-32-24/h12-15,22-25,30H,9-11,16-19H2,1-8H3. The van der Waals surface area contributed by atoms with Gasteiger partial charge in [0.1, 0.15) is 5.60 Å². The molecule has 0 spiro atoms. The Morgan fingerprint density at radius 2 is 1.81 bits per heavy atom. The maximum atomic E-state index is 13.1. The minimum absolute atomic E-state index is 0.0566. The summed E-state index contributed by atoms with van der Waals surface area (Å²) >= 11 is 0. The number of benzene rings is 1. The number of aliphatic hydroxyl groups is 1. The average Bonchev–Trinajstić information content (AvgIpc) is 3.20. The highest BCUT2D eigenvalue weighted by atomic mass is 28.4. The fraction of sp³-hybridized carbons (Fsp3) is 0.750. The molecule has 1 aromatic rings. The molecule has 1 aromatic carbocycles. The van der Waals surface area contributed by atoms with Crippen LogP contribution in [-0.2, 0) is 25.2 Å². The Hall–Kier alpha value is -1.45. The van der Waals surface area contributed by atoms with E-state index in [1.165, 1.54) is 0 Å². The summed E-state index contributed by atoms with van der Waals surface area (Å²) in [5, 5.41) is 11.5. The maximum absolute atomic E-state index is 13.1. The van der Waals surface area contributed by atoms with Crippen LogP contribution >= 0.6 is 0 Å². The van der Waals surface area contributed by atoms with Gasteiger partial charge >= 0.3 is 6.09 Å². The third kappa shape index (κ3) is 7.77. The zero-order valence-electron chi connectivity index (χ0n) is 23.5. The minimum atomic E-state index is -2.04. The van der Waals surface area contributed by atoms with Gasteiger partial charge in [-0.2, -0.15) is 0 Å². The second kappa shape index (κ2) is 11.5. The van der Waals surface area contributed by atoms with Crippen LogP contribution in [0.5, 0.6) is 0 Å². The van der Waals surface area contributed by atoms with Gasteiger partial charge in [0.15, 0.2) is 14.6 Å². The lowest BCUT2D eigenvalue weighted by molar-refractivity contribution is -0.168. The van der Waals surface area contributed by atoms with Gasteiger partial charge in [-0.1, -0.05) is 45.0 Å². The summed E-state index contributed by atoms with van der Waals surface area (Å²) in [6, 6.07) is 7.35. The first-order valence-electron chi connectivity index (χ1n) is 13.3. The minimum Gasteiger partial charge on any atom is -0.444 e. The van der Waals surface area contributed by atoms with Crippen molar-refractivity contribution in [2.45, 2.75) is 122 Å². The first-order valence-corrected chi connectivity index (χ1v) is 16.2. The van der Waals surface area contributed by atoms with Crippen molar-refractivity contribution in [2.75, 3.05) is 13.2 Å². The van der Waals surface area contributed by atoms with Crippen molar-refractivity contribution in [2.24, 2.45) is 0 Å². The Labute approximate surface area is 218 Å². The molecule has 2 aliphatic heterocycles. The molecule has 2 fully saturated rings. The highest BCUT2D eigenvalue weighted by Crippen LogP contribution is 2.40. The van der Waals surface area contributed by atoms with Crippen LogP contribution in [0.25, 0.3) is 0 Å². The summed E-state index contributed by atoms with van der Waals surface area (Å²) in [7, 11) is -2.04. The van der Waals surface area contributed by atoms with Gasteiger partial charge in [-0.15, -0.1) is 0 Å². The number of rotatable bonds is 7. The molecule has 204 valence electrons. The number of aliphatic hydroxyl groups excluding tert-OH is 1. The molecule has 0 aromatic heterocycles. The van der Waals surface area contributed by atoms with Gasteiger partial charge in [0.05, 0.1) is 24.9 Å². The summed E-state index contributed by atoms with van der Waals surface area (Å²) in [4.78, 5) is 14.8. The van der Waals surface area contributed by atoms with Crippen molar-refractivity contribution >= 4 is 14.4 Å². The van der Waals surface area contributed by atoms with Crippen molar-refractivity contribution in [3.05, 3.63) is 35.4 Å². The molecular formula is C28H47NO6Si. The molecule has 3 rings (SSSR count). The second-order valence-corrected chi connectivity index (χ2v) is 17.5. The summed E-state index contributed by atoms with van der Waals surface area (Å²) < 4.78 is 23.9. The summed E-state index contributed by atoms with van der Waals surface area (Å²) in [6.07, 6.45) is 2.19. The van der Waals surface area contributed by atoms with Crippen molar-refractivity contribution in [1.29, 1.82) is 0 Å². The molecule has 2 aliphatic rings. The van der Waals surface area contributed by atoms with E-state index in [1.54, 1.807) is 4.90 Å². The fourth-order valence-corrected chi connectivity index (χ4v) is 5.76. The number of amides is 1. The zero-order chi connectivity index (χ0) is 26.7. The lowest BCUT2D eigenvalue weighted by atomic mass is 9.99. The van der Waals surface area contributed by atoms with E-state index in [0.29, 0.717) is 19.6 Å². The Bertz CT molecular complexity index is 854. The lowest BCUT2D eigenvalue weighted by Gasteiger charge is -2.38. The number of nitrogens with zero attached hydrogens (tertiary/aromatic N) is 1. The number of hydrogen-bond donors (Lipinski definition) is 1. The van der Waals surface area contributed by atoms with Gasteiger partial charge in [0.2, 0.25) is 0 Å². The van der Waals surface area contributed by atoms with E-state index in [9.17, 15) is 9.90 Å². The molecule has 7 nitrogen and oxygen atoms in total. The summed E-state index contributed by atoms with van der Waals surface area (Å²) in [5.41, 5.74) is 1.17. The monoisotopic (exact) mass is 521 g/mol. The number of hydrogen-bond acceptors (Lipinski definition) is 6. The van der Waals surface area contributed by atoms with Crippen LogP contribution in [0.15, 0.2) is 24.3 Å². The third-order valence-corrected chi connectivity index (χ3v) is 12.0. The van der Waals surface area contributed by atoms with Gasteiger partial charge < -0.3 is 23.7 Å². The molecule has 2 heterocycles. The van der Waals surface area contributed by atoms with E-state index >= 15 is 0 Å². The molecule has 1 amide bonds. The van der Waals surface area contributed by atoms with Crippen molar-refractivity contribution in [3.63, 3.8) is 0 Å². The Kier molecular flexibility index (Phi) is 9.31. The Morgan fingerprint density at radius 3 is 2.36 bits per heavy atom. The summed E-state index contributed by atoms with van der Waals surface area (Å²) in [6.45, 7) is 18.3. The molecular weight excluding hydrogens is 474 g/mol. The van der Waals surface area contributed by atoms with Crippen LogP contribution in [0, 0.1) is 0 Å². The van der Waals surface area contributed by atoms with Crippen LogP contribution < -0.4 is 0 Å². The normalized spacial score (nSPS) is 24.6. The van der Waals surface area contributed by atoms with Crippen molar-refractivity contribution in [3.8, 4) is 0 Å². The van der Waals surface area contributed by atoms with E-state index in [1.807, 2.05) is 45.0 Å². The van der Waals surface area contributed by atoms with Crippen LogP contribution in [0.1, 0.15) is 84.5 Å². The highest BCUT2D eigenvalue weighted by Gasteiger charge is 2.46. The smallest absolute Gasteiger partial charge is 0.410 e. The number of carbonyl (C=O) groups is 1. The predicted molar refractivity (Wildman–Crippen MR) is 143 cm³/mol. The molecule has 8 heteroatoms. The van der Waals surface area contributed by atoms with Gasteiger partial charge in [0, 0.05) is 13.2 Å². The predicted octanol–water partition coefficient (Wildman–Crippen LogP) is 6.16. The van der Waals surface area contributed by atoms with Crippen LogP contribution in [0.3, 0.4) is 0 Å². The molecule has 36 heavy (non-hydrogen) atoms. The van der Waals surface area contributed by atoms with Gasteiger partial charge in [-0.3, -0.25) is 4.90 Å². The van der Waals surface area contributed by atoms with Crippen molar-refractivity contribution in [1.82, 2.24) is 4.90 Å². The highest BCUT2D eigenvalue weighted by molar-refractivity contribution is 6.74. The van der Waals surface area contributed by atoms with E-state index in [0.717, 1.165) is 37.0 Å². The van der Waals surface area contributed by atoms with Crippen LogP contribution in [-0.4, -0.2) is 61.6 Å². The molecule has 4 unspecified atom stereocenters. The second-order valence-electron chi connectivity index (χ2n) is 12.7.